The summed E-state index contributed by atoms with van der Waals surface area (Å²) in [5.74, 6) is 2.75. The van der Waals surface area contributed by atoms with Gasteiger partial charge in [-0.1, -0.05) is 39.7 Å². The molecule has 2 aromatic rings. The summed E-state index contributed by atoms with van der Waals surface area (Å²) in [6.45, 7) is 11.7. The predicted octanol–water partition coefficient (Wildman–Crippen LogP) is 6.05. The number of hydrogen-bond donors (Lipinski definition) is 0. The van der Waals surface area contributed by atoms with Gasteiger partial charge in [0.15, 0.2) is 0 Å². The topological polar surface area (TPSA) is 0 Å². The number of hydrogen-bond acceptors (Lipinski definition) is 1. The van der Waals surface area contributed by atoms with Crippen molar-refractivity contribution < 1.29 is 0 Å². The fraction of sp³-hybridized carbons (Fsp3) is 0.429. The maximum Gasteiger partial charge on any atom is 0.0772 e. The van der Waals surface area contributed by atoms with E-state index in [0.29, 0.717) is 0 Å². The van der Waals surface area contributed by atoms with Crippen LogP contribution in [0.15, 0.2) is 24.3 Å². The van der Waals surface area contributed by atoms with Crippen molar-refractivity contribution in [3.8, 4) is 22.8 Å². The van der Waals surface area contributed by atoms with Crippen molar-refractivity contribution in [2.24, 2.45) is 0 Å². The van der Waals surface area contributed by atoms with E-state index < -0.39 is 0 Å². The number of aryl methyl sites for hydroxylation is 1. The van der Waals surface area contributed by atoms with Crippen LogP contribution in [0.5, 0.6) is 0 Å². The zero-order chi connectivity index (χ0) is 16.1. The van der Waals surface area contributed by atoms with E-state index in [9.17, 15) is 0 Å². The highest BCUT2D eigenvalue weighted by Gasteiger charge is 2.37. The van der Waals surface area contributed by atoms with Crippen LogP contribution in [0.2, 0.25) is 0 Å². The molecule has 1 heterocycles. The van der Waals surface area contributed by atoms with Crippen LogP contribution in [0.25, 0.3) is 10.4 Å². The van der Waals surface area contributed by atoms with Gasteiger partial charge in [-0.05, 0) is 71.0 Å². The molecule has 0 bridgehead atoms. The largest absolute Gasteiger partial charge is 0.127 e. The summed E-state index contributed by atoms with van der Waals surface area (Å²) >= 11 is 1.71. The van der Waals surface area contributed by atoms with Gasteiger partial charge in [-0.3, -0.25) is 0 Å². The Kier molecular flexibility index (Phi) is 3.49. The van der Waals surface area contributed by atoms with Gasteiger partial charge in [0.25, 0.3) is 0 Å². The Morgan fingerprint density at radius 3 is 2.14 bits per heavy atom. The van der Waals surface area contributed by atoms with Gasteiger partial charge in [0.2, 0.25) is 0 Å². The molecule has 0 N–H and O–H groups in total. The third-order valence-corrected chi connectivity index (χ3v) is 6.26. The van der Waals surface area contributed by atoms with Gasteiger partial charge < -0.3 is 0 Å². The standard InChI is InChI=1S/C21H24S/c1-7-15-8-9-19(22-15)16-13-18-17(12-14(16)2)20(3,4)10-11-21(18,5)6/h1,8-9,12-13H,10-11H2,2-6H3. The Morgan fingerprint density at radius 2 is 1.59 bits per heavy atom. The van der Waals surface area contributed by atoms with Crippen LogP contribution in [0, 0.1) is 19.3 Å². The minimum Gasteiger partial charge on any atom is -0.127 e. The van der Waals surface area contributed by atoms with E-state index in [4.69, 9.17) is 6.42 Å². The van der Waals surface area contributed by atoms with Gasteiger partial charge in [0.1, 0.15) is 0 Å². The summed E-state index contributed by atoms with van der Waals surface area (Å²) in [7, 11) is 0. The number of rotatable bonds is 1. The zero-order valence-electron chi connectivity index (χ0n) is 14.2. The molecule has 0 saturated carbocycles. The highest BCUT2D eigenvalue weighted by atomic mass is 32.1. The zero-order valence-corrected chi connectivity index (χ0v) is 15.0. The second kappa shape index (κ2) is 5.00. The first-order chi connectivity index (χ1) is 10.2. The maximum absolute atomic E-state index is 5.53. The Labute approximate surface area is 138 Å². The highest BCUT2D eigenvalue weighted by Crippen LogP contribution is 2.48. The fourth-order valence-electron chi connectivity index (χ4n) is 3.55. The lowest BCUT2D eigenvalue weighted by Gasteiger charge is -2.42. The van der Waals surface area contributed by atoms with Crippen LogP contribution in [-0.2, 0) is 10.8 Å². The monoisotopic (exact) mass is 308 g/mol. The normalized spacial score (nSPS) is 18.5. The average molecular weight is 308 g/mol. The van der Waals surface area contributed by atoms with E-state index in [1.165, 1.54) is 40.0 Å². The lowest BCUT2D eigenvalue weighted by Crippen LogP contribution is -2.34. The van der Waals surface area contributed by atoms with Crippen LogP contribution in [0.1, 0.15) is 62.1 Å². The molecular formula is C21H24S. The van der Waals surface area contributed by atoms with Gasteiger partial charge in [0, 0.05) is 4.88 Å². The molecule has 1 aromatic heterocycles. The molecule has 0 atom stereocenters. The van der Waals surface area contributed by atoms with Gasteiger partial charge in [-0.15, -0.1) is 17.8 Å². The van der Waals surface area contributed by atoms with Crippen molar-refractivity contribution in [2.45, 2.75) is 58.3 Å². The first-order valence-electron chi connectivity index (χ1n) is 7.97. The number of thiophene rings is 1. The SMILES string of the molecule is C#Cc1ccc(-c2cc3c(cc2C)C(C)(C)CCC3(C)C)s1. The molecule has 114 valence electrons. The minimum absolute atomic E-state index is 0.250. The van der Waals surface area contributed by atoms with Gasteiger partial charge in [-0.2, -0.15) is 0 Å². The minimum atomic E-state index is 0.250. The van der Waals surface area contributed by atoms with Crippen LogP contribution in [-0.4, -0.2) is 0 Å². The summed E-state index contributed by atoms with van der Waals surface area (Å²) in [5.41, 5.74) is 6.26. The first-order valence-corrected chi connectivity index (χ1v) is 8.79. The summed E-state index contributed by atoms with van der Waals surface area (Å²) in [5, 5.41) is 0. The fourth-order valence-corrected chi connectivity index (χ4v) is 4.45. The quantitative estimate of drug-likeness (QED) is 0.562. The smallest absolute Gasteiger partial charge is 0.0772 e. The van der Waals surface area contributed by atoms with Gasteiger partial charge >= 0.3 is 0 Å². The molecule has 1 aromatic carbocycles. The van der Waals surface area contributed by atoms with Crippen LogP contribution >= 0.6 is 11.3 Å². The molecule has 1 aliphatic rings. The summed E-state index contributed by atoms with van der Waals surface area (Å²) in [6, 6.07) is 9.06. The Bertz CT molecular complexity index is 766. The Morgan fingerprint density at radius 1 is 1.00 bits per heavy atom. The first kappa shape index (κ1) is 15.4. The molecule has 22 heavy (non-hydrogen) atoms. The van der Waals surface area contributed by atoms with Crippen LogP contribution < -0.4 is 0 Å². The molecule has 0 amide bonds. The average Bonchev–Trinajstić information content (AvgIpc) is 2.92. The molecule has 1 heteroatoms. The summed E-state index contributed by atoms with van der Waals surface area (Å²) < 4.78 is 0. The molecule has 0 nitrogen and oxygen atoms in total. The van der Waals surface area contributed by atoms with E-state index in [1.54, 1.807) is 11.3 Å². The number of terminal acetylenes is 1. The summed E-state index contributed by atoms with van der Waals surface area (Å²) in [4.78, 5) is 2.29. The van der Waals surface area contributed by atoms with Crippen molar-refractivity contribution in [2.75, 3.05) is 0 Å². The van der Waals surface area contributed by atoms with Crippen molar-refractivity contribution in [1.82, 2.24) is 0 Å². The molecule has 0 saturated heterocycles. The van der Waals surface area contributed by atoms with E-state index in [1.807, 2.05) is 6.07 Å². The van der Waals surface area contributed by atoms with Crippen molar-refractivity contribution in [3.05, 3.63) is 45.8 Å². The molecule has 0 radical (unpaired) electrons. The second-order valence-electron chi connectivity index (χ2n) is 7.79. The molecule has 0 fully saturated rings. The predicted molar refractivity (Wildman–Crippen MR) is 97.7 cm³/mol. The molecule has 0 spiro atoms. The highest BCUT2D eigenvalue weighted by molar-refractivity contribution is 7.16. The third-order valence-electron chi connectivity index (χ3n) is 5.21. The second-order valence-corrected chi connectivity index (χ2v) is 8.87. The number of benzene rings is 1. The lowest BCUT2D eigenvalue weighted by molar-refractivity contribution is 0.332. The van der Waals surface area contributed by atoms with Crippen molar-refractivity contribution in [1.29, 1.82) is 0 Å². The Balaban J connectivity index is 2.22. The van der Waals surface area contributed by atoms with Crippen molar-refractivity contribution in [3.63, 3.8) is 0 Å². The van der Waals surface area contributed by atoms with Gasteiger partial charge in [0.05, 0.1) is 4.88 Å². The van der Waals surface area contributed by atoms with Crippen LogP contribution in [0.4, 0.5) is 0 Å². The lowest BCUT2D eigenvalue weighted by atomic mass is 9.62. The number of fused-ring (bicyclic) bond motifs is 1. The van der Waals surface area contributed by atoms with Gasteiger partial charge in [-0.25, -0.2) is 0 Å². The van der Waals surface area contributed by atoms with Crippen molar-refractivity contribution >= 4 is 11.3 Å². The summed E-state index contributed by atoms with van der Waals surface area (Å²) in [6.07, 6.45) is 8.03. The third kappa shape index (κ3) is 2.40. The molecule has 0 unspecified atom stereocenters. The maximum atomic E-state index is 5.53. The molecule has 1 aliphatic carbocycles. The van der Waals surface area contributed by atoms with E-state index >= 15 is 0 Å². The molecule has 0 aliphatic heterocycles. The molecular weight excluding hydrogens is 284 g/mol. The Hall–Kier alpha value is -1.52. The van der Waals surface area contributed by atoms with Crippen LogP contribution in [0.3, 0.4) is 0 Å². The van der Waals surface area contributed by atoms with E-state index in [-0.39, 0.29) is 10.8 Å². The molecule has 3 rings (SSSR count). The van der Waals surface area contributed by atoms with E-state index in [2.05, 4.69) is 58.7 Å². The van der Waals surface area contributed by atoms with E-state index in [0.717, 1.165) is 4.88 Å².